The van der Waals surface area contributed by atoms with Gasteiger partial charge in [-0.2, -0.15) is 0 Å². The Morgan fingerprint density at radius 2 is 1.88 bits per heavy atom. The molecule has 0 aromatic heterocycles. The van der Waals surface area contributed by atoms with E-state index in [2.05, 4.69) is 4.74 Å². The number of ether oxygens (including phenoxy) is 2. The largest absolute Gasteiger partial charge is 0.497 e. The second-order valence-corrected chi connectivity index (χ2v) is 3.29. The third-order valence-corrected chi connectivity index (χ3v) is 2.29. The van der Waals surface area contributed by atoms with Crippen LogP contribution in [-0.4, -0.2) is 20.2 Å². The number of methoxy groups -OCH3 is 2. The van der Waals surface area contributed by atoms with Gasteiger partial charge in [0.25, 0.3) is 0 Å². The number of esters is 1. The molecule has 3 nitrogen and oxygen atoms in total. The molecule has 0 heterocycles. The van der Waals surface area contributed by atoms with Crippen molar-refractivity contribution < 1.29 is 14.3 Å². The van der Waals surface area contributed by atoms with E-state index in [1.165, 1.54) is 7.11 Å². The van der Waals surface area contributed by atoms with Crippen molar-refractivity contribution >= 4 is 12.0 Å². The van der Waals surface area contributed by atoms with Crippen LogP contribution in [0.4, 0.5) is 0 Å². The molecule has 16 heavy (non-hydrogen) atoms. The zero-order valence-corrected chi connectivity index (χ0v) is 9.82. The second-order valence-electron chi connectivity index (χ2n) is 3.29. The second kappa shape index (κ2) is 5.95. The summed E-state index contributed by atoms with van der Waals surface area (Å²) in [6.45, 7) is 1.92. The molecule has 0 saturated carbocycles. The fourth-order valence-electron chi connectivity index (χ4n) is 1.34. The van der Waals surface area contributed by atoms with E-state index in [0.29, 0.717) is 12.0 Å². The van der Waals surface area contributed by atoms with Gasteiger partial charge >= 0.3 is 5.97 Å². The zero-order valence-electron chi connectivity index (χ0n) is 9.82. The average Bonchev–Trinajstić information content (AvgIpc) is 2.35. The SMILES string of the molecule is CC/C(=C\c1ccc(OC)cc1)C(=O)OC. The summed E-state index contributed by atoms with van der Waals surface area (Å²) in [6, 6.07) is 7.52. The van der Waals surface area contributed by atoms with Crippen LogP contribution in [0, 0.1) is 0 Å². The Balaban J connectivity index is 2.91. The molecular formula is C13H16O3. The Kier molecular flexibility index (Phi) is 4.58. The molecule has 0 fully saturated rings. The molecule has 0 N–H and O–H groups in total. The van der Waals surface area contributed by atoms with Gasteiger partial charge in [0.05, 0.1) is 14.2 Å². The number of carbonyl (C=O) groups excluding carboxylic acids is 1. The summed E-state index contributed by atoms with van der Waals surface area (Å²) < 4.78 is 9.75. The third kappa shape index (κ3) is 3.12. The minimum atomic E-state index is -0.279. The third-order valence-electron chi connectivity index (χ3n) is 2.29. The summed E-state index contributed by atoms with van der Waals surface area (Å²) in [6.07, 6.45) is 2.48. The lowest BCUT2D eigenvalue weighted by molar-refractivity contribution is -0.136. The van der Waals surface area contributed by atoms with Gasteiger partial charge in [0.2, 0.25) is 0 Å². The predicted octanol–water partition coefficient (Wildman–Crippen LogP) is 2.66. The number of benzene rings is 1. The van der Waals surface area contributed by atoms with Crippen LogP contribution in [0.5, 0.6) is 5.75 Å². The van der Waals surface area contributed by atoms with Crippen molar-refractivity contribution in [2.24, 2.45) is 0 Å². The molecule has 3 heteroatoms. The van der Waals surface area contributed by atoms with Crippen LogP contribution in [0.25, 0.3) is 6.08 Å². The van der Waals surface area contributed by atoms with Crippen LogP contribution in [-0.2, 0) is 9.53 Å². The summed E-state index contributed by atoms with van der Waals surface area (Å²) in [5, 5.41) is 0. The smallest absolute Gasteiger partial charge is 0.333 e. The first kappa shape index (κ1) is 12.3. The molecule has 0 aliphatic rings. The van der Waals surface area contributed by atoms with Crippen LogP contribution < -0.4 is 4.74 Å². The van der Waals surface area contributed by atoms with E-state index in [1.54, 1.807) is 7.11 Å². The van der Waals surface area contributed by atoms with Gasteiger partial charge in [-0.25, -0.2) is 4.79 Å². The Hall–Kier alpha value is -1.77. The normalized spacial score (nSPS) is 11.1. The van der Waals surface area contributed by atoms with Crippen molar-refractivity contribution in [3.05, 3.63) is 35.4 Å². The Morgan fingerprint density at radius 1 is 1.25 bits per heavy atom. The highest BCUT2D eigenvalue weighted by Crippen LogP contribution is 2.15. The van der Waals surface area contributed by atoms with Gasteiger partial charge in [-0.1, -0.05) is 19.1 Å². The molecule has 0 amide bonds. The van der Waals surface area contributed by atoms with Gasteiger partial charge < -0.3 is 9.47 Å². The summed E-state index contributed by atoms with van der Waals surface area (Å²) in [5.74, 6) is 0.520. The maximum atomic E-state index is 11.4. The highest BCUT2D eigenvalue weighted by atomic mass is 16.5. The summed E-state index contributed by atoms with van der Waals surface area (Å²) in [7, 11) is 3.01. The van der Waals surface area contributed by atoms with E-state index in [1.807, 2.05) is 37.3 Å². The lowest BCUT2D eigenvalue weighted by Crippen LogP contribution is -2.03. The summed E-state index contributed by atoms with van der Waals surface area (Å²) in [4.78, 5) is 11.4. The quantitative estimate of drug-likeness (QED) is 0.578. The number of hydrogen-bond acceptors (Lipinski definition) is 3. The topological polar surface area (TPSA) is 35.5 Å². The van der Waals surface area contributed by atoms with Gasteiger partial charge in [0.15, 0.2) is 0 Å². The lowest BCUT2D eigenvalue weighted by Gasteiger charge is -2.03. The molecule has 0 saturated heterocycles. The molecule has 1 aromatic carbocycles. The number of hydrogen-bond donors (Lipinski definition) is 0. The van der Waals surface area contributed by atoms with Crippen molar-refractivity contribution in [1.29, 1.82) is 0 Å². The summed E-state index contributed by atoms with van der Waals surface area (Å²) >= 11 is 0. The molecular weight excluding hydrogens is 204 g/mol. The van der Waals surface area contributed by atoms with Gasteiger partial charge in [0, 0.05) is 5.57 Å². The van der Waals surface area contributed by atoms with Crippen molar-refractivity contribution in [3.8, 4) is 5.75 Å². The first-order valence-electron chi connectivity index (χ1n) is 5.14. The van der Waals surface area contributed by atoms with Crippen molar-refractivity contribution in [3.63, 3.8) is 0 Å². The molecule has 0 bridgehead atoms. The first-order chi connectivity index (χ1) is 7.71. The monoisotopic (exact) mass is 220 g/mol. The van der Waals surface area contributed by atoms with Crippen LogP contribution >= 0.6 is 0 Å². The Morgan fingerprint density at radius 3 is 2.31 bits per heavy atom. The minimum Gasteiger partial charge on any atom is -0.497 e. The maximum absolute atomic E-state index is 11.4. The van der Waals surface area contributed by atoms with Gasteiger partial charge in [0.1, 0.15) is 5.75 Å². The van der Waals surface area contributed by atoms with Crippen LogP contribution in [0.1, 0.15) is 18.9 Å². The van der Waals surface area contributed by atoms with E-state index >= 15 is 0 Å². The van der Waals surface area contributed by atoms with Crippen molar-refractivity contribution in [2.75, 3.05) is 14.2 Å². The van der Waals surface area contributed by atoms with Gasteiger partial charge in [-0.3, -0.25) is 0 Å². The molecule has 0 radical (unpaired) electrons. The van der Waals surface area contributed by atoms with E-state index in [9.17, 15) is 4.79 Å². The van der Waals surface area contributed by atoms with E-state index < -0.39 is 0 Å². The summed E-state index contributed by atoms with van der Waals surface area (Å²) in [5.41, 5.74) is 1.62. The van der Waals surface area contributed by atoms with Crippen molar-refractivity contribution in [2.45, 2.75) is 13.3 Å². The standard InChI is InChI=1S/C13H16O3/c1-4-11(13(14)16-3)9-10-5-7-12(15-2)8-6-10/h5-9H,4H2,1-3H3/b11-9+. The molecule has 86 valence electrons. The van der Waals surface area contributed by atoms with E-state index in [4.69, 9.17) is 4.74 Å². The predicted molar refractivity (Wildman–Crippen MR) is 63.3 cm³/mol. The fourth-order valence-corrected chi connectivity index (χ4v) is 1.34. The van der Waals surface area contributed by atoms with E-state index in [-0.39, 0.29) is 5.97 Å². The first-order valence-corrected chi connectivity index (χ1v) is 5.14. The van der Waals surface area contributed by atoms with Gasteiger partial charge in [-0.05, 0) is 30.2 Å². The molecule has 0 unspecified atom stereocenters. The minimum absolute atomic E-state index is 0.279. The highest BCUT2D eigenvalue weighted by Gasteiger charge is 2.06. The molecule has 0 spiro atoms. The molecule has 0 aliphatic carbocycles. The molecule has 0 atom stereocenters. The molecule has 1 aromatic rings. The molecule has 1 rings (SSSR count). The van der Waals surface area contributed by atoms with E-state index in [0.717, 1.165) is 11.3 Å². The number of rotatable bonds is 4. The highest BCUT2D eigenvalue weighted by molar-refractivity contribution is 5.93. The van der Waals surface area contributed by atoms with Crippen LogP contribution in [0.2, 0.25) is 0 Å². The van der Waals surface area contributed by atoms with Crippen LogP contribution in [0.3, 0.4) is 0 Å². The molecule has 0 aliphatic heterocycles. The fraction of sp³-hybridized carbons (Fsp3) is 0.308. The lowest BCUT2D eigenvalue weighted by atomic mass is 10.1. The Bertz CT molecular complexity index is 377. The van der Waals surface area contributed by atoms with Crippen LogP contribution in [0.15, 0.2) is 29.8 Å². The number of carbonyl (C=O) groups is 1. The van der Waals surface area contributed by atoms with Gasteiger partial charge in [-0.15, -0.1) is 0 Å². The zero-order chi connectivity index (χ0) is 12.0. The average molecular weight is 220 g/mol. The van der Waals surface area contributed by atoms with Crippen molar-refractivity contribution in [1.82, 2.24) is 0 Å². The Labute approximate surface area is 95.7 Å². The maximum Gasteiger partial charge on any atom is 0.333 e.